The molecule has 0 amide bonds. The maximum absolute atomic E-state index is 13.5. The molecule has 7 heteroatoms. The van der Waals surface area contributed by atoms with Crippen molar-refractivity contribution >= 4 is 5.69 Å². The second-order valence-corrected chi connectivity index (χ2v) is 7.12. The van der Waals surface area contributed by atoms with Crippen molar-refractivity contribution in [1.29, 1.82) is 0 Å². The van der Waals surface area contributed by atoms with Crippen molar-refractivity contribution < 1.29 is 14.1 Å². The van der Waals surface area contributed by atoms with E-state index in [2.05, 4.69) is 5.10 Å². The van der Waals surface area contributed by atoms with Gasteiger partial charge in [0.05, 0.1) is 16.2 Å². The summed E-state index contributed by atoms with van der Waals surface area (Å²) in [5, 5.41) is 15.6. The highest BCUT2D eigenvalue weighted by Crippen LogP contribution is 2.44. The molecule has 144 valence electrons. The molecule has 4 rings (SSSR count). The van der Waals surface area contributed by atoms with Gasteiger partial charge < -0.3 is 4.74 Å². The van der Waals surface area contributed by atoms with Crippen LogP contribution in [-0.2, 0) is 13.7 Å². The lowest BCUT2D eigenvalue weighted by atomic mass is 10.0. The smallest absolute Gasteiger partial charge is 0.276 e. The molecule has 0 radical (unpaired) electrons. The molecule has 28 heavy (non-hydrogen) atoms. The van der Waals surface area contributed by atoms with E-state index in [0.717, 1.165) is 29.5 Å². The lowest BCUT2D eigenvalue weighted by Gasteiger charge is -2.13. The summed E-state index contributed by atoms with van der Waals surface area (Å²) < 4.78 is 20.7. The Hall–Kier alpha value is -3.22. The molecule has 0 N–H and O–H groups in total. The first-order chi connectivity index (χ1) is 13.4. The topological polar surface area (TPSA) is 70.2 Å². The molecule has 2 aromatic carbocycles. The first-order valence-corrected chi connectivity index (χ1v) is 9.13. The van der Waals surface area contributed by atoms with Crippen molar-refractivity contribution in [3.05, 3.63) is 75.2 Å². The Balaban J connectivity index is 1.58. The fourth-order valence-electron chi connectivity index (χ4n) is 3.40. The molecule has 1 fully saturated rings. The highest BCUT2D eigenvalue weighted by Gasteiger charge is 2.30. The largest absolute Gasteiger partial charge is 0.488 e. The number of halogens is 1. The molecule has 1 aromatic heterocycles. The summed E-state index contributed by atoms with van der Waals surface area (Å²) in [6.45, 7) is 2.03. The summed E-state index contributed by atoms with van der Waals surface area (Å²) in [5.41, 5.74) is 3.94. The first kappa shape index (κ1) is 18.2. The van der Waals surface area contributed by atoms with Crippen molar-refractivity contribution in [2.45, 2.75) is 32.3 Å². The lowest BCUT2D eigenvalue weighted by molar-refractivity contribution is -0.385. The molecular formula is C21H20FN3O3. The summed E-state index contributed by atoms with van der Waals surface area (Å²) in [7, 11) is 1.55. The zero-order chi connectivity index (χ0) is 19.8. The van der Waals surface area contributed by atoms with Crippen LogP contribution in [0, 0.1) is 23.0 Å². The first-order valence-electron chi connectivity index (χ1n) is 9.13. The van der Waals surface area contributed by atoms with Crippen LogP contribution in [0.1, 0.15) is 35.4 Å². The second-order valence-electron chi connectivity index (χ2n) is 7.12. The van der Waals surface area contributed by atoms with E-state index in [4.69, 9.17) is 4.74 Å². The van der Waals surface area contributed by atoms with Crippen molar-refractivity contribution in [1.82, 2.24) is 9.78 Å². The van der Waals surface area contributed by atoms with Gasteiger partial charge in [-0.1, -0.05) is 12.1 Å². The highest BCUT2D eigenvalue weighted by molar-refractivity contribution is 5.61. The van der Waals surface area contributed by atoms with E-state index in [1.807, 2.05) is 25.1 Å². The second kappa shape index (κ2) is 7.07. The average Bonchev–Trinajstić information content (AvgIpc) is 3.45. The van der Waals surface area contributed by atoms with Gasteiger partial charge in [0.2, 0.25) is 5.95 Å². The molecule has 6 nitrogen and oxygen atoms in total. The van der Waals surface area contributed by atoms with Crippen LogP contribution in [0.25, 0.3) is 11.3 Å². The van der Waals surface area contributed by atoms with Gasteiger partial charge in [-0.2, -0.15) is 9.49 Å². The van der Waals surface area contributed by atoms with Crippen LogP contribution in [0.5, 0.6) is 5.75 Å². The summed E-state index contributed by atoms with van der Waals surface area (Å²) in [6.07, 6.45) is 2.12. The number of aryl methyl sites for hydroxylation is 2. The number of rotatable bonds is 6. The molecule has 0 aliphatic heterocycles. The minimum absolute atomic E-state index is 0.0997. The van der Waals surface area contributed by atoms with Gasteiger partial charge in [-0.15, -0.1) is 0 Å². The molecule has 0 saturated heterocycles. The Morgan fingerprint density at radius 3 is 2.68 bits per heavy atom. The van der Waals surface area contributed by atoms with E-state index in [1.54, 1.807) is 19.2 Å². The van der Waals surface area contributed by atoms with Crippen molar-refractivity contribution in [3.63, 3.8) is 0 Å². The van der Waals surface area contributed by atoms with Gasteiger partial charge in [-0.3, -0.25) is 10.1 Å². The van der Waals surface area contributed by atoms with E-state index < -0.39 is 5.95 Å². The molecule has 0 spiro atoms. The molecule has 1 aliphatic rings. The SMILES string of the molecule is Cc1cc(-c2cc(F)n(C)n2)ccc1OCc1c(C2CC2)cccc1[N+](=O)[O-]. The summed E-state index contributed by atoms with van der Waals surface area (Å²) in [6, 6.07) is 12.1. The Morgan fingerprint density at radius 1 is 1.29 bits per heavy atom. The van der Waals surface area contributed by atoms with Crippen LogP contribution in [0.3, 0.4) is 0 Å². The van der Waals surface area contributed by atoms with E-state index in [-0.39, 0.29) is 17.2 Å². The van der Waals surface area contributed by atoms with Crippen molar-refractivity contribution in [2.24, 2.45) is 7.05 Å². The maximum Gasteiger partial charge on any atom is 0.276 e. The third-order valence-electron chi connectivity index (χ3n) is 5.07. The third kappa shape index (κ3) is 3.47. The van der Waals surface area contributed by atoms with Crippen LogP contribution in [0.15, 0.2) is 42.5 Å². The summed E-state index contributed by atoms with van der Waals surface area (Å²) >= 11 is 0. The zero-order valence-corrected chi connectivity index (χ0v) is 15.7. The predicted octanol–water partition coefficient (Wildman–Crippen LogP) is 4.90. The Kier molecular flexibility index (Phi) is 4.58. The van der Waals surface area contributed by atoms with Gasteiger partial charge in [0.1, 0.15) is 12.4 Å². The van der Waals surface area contributed by atoms with Gasteiger partial charge in [0.15, 0.2) is 0 Å². The van der Waals surface area contributed by atoms with Crippen LogP contribution in [-0.4, -0.2) is 14.7 Å². The molecule has 3 aromatic rings. The number of hydrogen-bond acceptors (Lipinski definition) is 4. The molecule has 0 bridgehead atoms. The number of nitro groups is 1. The van der Waals surface area contributed by atoms with Crippen molar-refractivity contribution in [2.75, 3.05) is 0 Å². The summed E-state index contributed by atoms with van der Waals surface area (Å²) in [4.78, 5) is 11.1. The van der Waals surface area contributed by atoms with Gasteiger partial charge in [-0.05, 0) is 55.0 Å². The zero-order valence-electron chi connectivity index (χ0n) is 15.7. The monoisotopic (exact) mass is 381 g/mol. The predicted molar refractivity (Wildman–Crippen MR) is 103 cm³/mol. The van der Waals surface area contributed by atoms with Crippen LogP contribution in [0.2, 0.25) is 0 Å². The number of ether oxygens (including phenoxy) is 1. The fraction of sp³-hybridized carbons (Fsp3) is 0.286. The number of aromatic nitrogens is 2. The number of hydrogen-bond donors (Lipinski definition) is 0. The standard InChI is InChI=1S/C21H20FN3O3/c1-13-10-15(18-11-21(22)24(2)23-18)8-9-20(13)28-12-17-16(14-6-7-14)4-3-5-19(17)25(26)27/h3-5,8-11,14H,6-7,12H2,1-2H3. The quantitative estimate of drug-likeness (QED) is 0.450. The van der Waals surface area contributed by atoms with E-state index in [1.165, 1.54) is 16.8 Å². The normalized spacial score (nSPS) is 13.5. The van der Waals surface area contributed by atoms with E-state index >= 15 is 0 Å². The molecule has 1 heterocycles. The minimum Gasteiger partial charge on any atom is -0.488 e. The van der Waals surface area contributed by atoms with Gasteiger partial charge in [0, 0.05) is 24.7 Å². The molecule has 1 aliphatic carbocycles. The minimum atomic E-state index is -0.406. The molecular weight excluding hydrogens is 361 g/mol. The summed E-state index contributed by atoms with van der Waals surface area (Å²) in [5.74, 6) is 0.623. The Morgan fingerprint density at radius 2 is 2.07 bits per heavy atom. The highest BCUT2D eigenvalue weighted by atomic mass is 19.1. The number of benzene rings is 2. The van der Waals surface area contributed by atoms with E-state index in [0.29, 0.717) is 22.9 Å². The van der Waals surface area contributed by atoms with Crippen LogP contribution >= 0.6 is 0 Å². The van der Waals surface area contributed by atoms with Crippen molar-refractivity contribution in [3.8, 4) is 17.0 Å². The lowest BCUT2D eigenvalue weighted by Crippen LogP contribution is -2.05. The third-order valence-corrected chi connectivity index (χ3v) is 5.07. The Labute approximate surface area is 161 Å². The van der Waals surface area contributed by atoms with Gasteiger partial charge in [0.25, 0.3) is 5.69 Å². The molecule has 0 unspecified atom stereocenters. The van der Waals surface area contributed by atoms with Crippen LogP contribution in [0.4, 0.5) is 10.1 Å². The average molecular weight is 381 g/mol. The van der Waals surface area contributed by atoms with Gasteiger partial charge in [-0.25, -0.2) is 4.68 Å². The maximum atomic E-state index is 13.5. The number of nitrogens with zero attached hydrogens (tertiary/aromatic N) is 3. The molecule has 0 atom stereocenters. The Bertz CT molecular complexity index is 1040. The van der Waals surface area contributed by atoms with E-state index in [9.17, 15) is 14.5 Å². The fourth-order valence-corrected chi connectivity index (χ4v) is 3.40. The number of nitro benzene ring substituents is 1. The van der Waals surface area contributed by atoms with Gasteiger partial charge >= 0.3 is 0 Å². The van der Waals surface area contributed by atoms with Crippen LogP contribution < -0.4 is 4.74 Å². The molecule has 1 saturated carbocycles.